The van der Waals surface area contributed by atoms with Gasteiger partial charge in [-0.1, -0.05) is 13.3 Å². The third kappa shape index (κ3) is 5.66. The van der Waals surface area contributed by atoms with Gasteiger partial charge < -0.3 is 5.32 Å². The number of aromatic nitrogens is 3. The Labute approximate surface area is 193 Å². The first kappa shape index (κ1) is 24.6. The van der Waals surface area contributed by atoms with Crippen LogP contribution in [0.5, 0.6) is 0 Å². The van der Waals surface area contributed by atoms with Crippen molar-refractivity contribution in [3.05, 3.63) is 65.7 Å². The third-order valence-electron chi connectivity index (χ3n) is 5.21. The van der Waals surface area contributed by atoms with Gasteiger partial charge in [0.2, 0.25) is 0 Å². The van der Waals surface area contributed by atoms with Gasteiger partial charge in [-0.15, -0.1) is 0 Å². The Hall–Kier alpha value is -3.05. The van der Waals surface area contributed by atoms with Crippen LogP contribution in [0.25, 0.3) is 5.69 Å². The predicted molar refractivity (Wildman–Crippen MR) is 124 cm³/mol. The minimum atomic E-state index is -3.43. The Morgan fingerprint density at radius 2 is 1.64 bits per heavy atom. The number of nitrogens with one attached hydrogen (secondary N) is 1. The van der Waals surface area contributed by atoms with Gasteiger partial charge in [0, 0.05) is 24.9 Å². The van der Waals surface area contributed by atoms with Gasteiger partial charge in [0.1, 0.15) is 0 Å². The number of nitrogens with zero attached hydrogens (tertiary/aromatic N) is 3. The van der Waals surface area contributed by atoms with Crippen LogP contribution in [0, 0.1) is 6.92 Å². The summed E-state index contributed by atoms with van der Waals surface area (Å²) in [6.45, 7) is 3.71. The van der Waals surface area contributed by atoms with Crippen molar-refractivity contribution < 1.29 is 21.6 Å². The van der Waals surface area contributed by atoms with Gasteiger partial charge in [-0.05, 0) is 49.2 Å². The van der Waals surface area contributed by atoms with E-state index in [9.17, 15) is 21.6 Å². The highest BCUT2D eigenvalue weighted by molar-refractivity contribution is 7.91. The summed E-state index contributed by atoms with van der Waals surface area (Å²) in [4.78, 5) is 17.4. The molecule has 1 aromatic carbocycles. The lowest BCUT2D eigenvalue weighted by atomic mass is 10.0. The standard InChI is InChI=1S/C22H26N4O5S2/c1-5-6-21(16-11-19(13-23-12-16)33(4,30)31)25-22(27)20-14-24-26(15(20)2)17-7-9-18(10-8-17)32(3,28)29/h7-14,21H,5-6H2,1-4H3,(H,25,27). The molecule has 0 radical (unpaired) electrons. The van der Waals surface area contributed by atoms with Gasteiger partial charge in [0.25, 0.3) is 5.91 Å². The van der Waals surface area contributed by atoms with E-state index in [0.29, 0.717) is 28.9 Å². The molecule has 11 heteroatoms. The fourth-order valence-electron chi connectivity index (χ4n) is 3.40. The molecule has 1 amide bonds. The van der Waals surface area contributed by atoms with Crippen LogP contribution in [0.4, 0.5) is 0 Å². The molecule has 0 aliphatic heterocycles. The molecule has 3 aromatic rings. The Kier molecular flexibility index (Phi) is 7.03. The molecular formula is C22H26N4O5S2. The summed E-state index contributed by atoms with van der Waals surface area (Å²) in [5.74, 6) is -0.352. The van der Waals surface area contributed by atoms with Crippen molar-refractivity contribution >= 4 is 25.6 Å². The Morgan fingerprint density at radius 1 is 1.00 bits per heavy atom. The van der Waals surface area contributed by atoms with Gasteiger partial charge in [0.15, 0.2) is 19.7 Å². The van der Waals surface area contributed by atoms with E-state index in [-0.39, 0.29) is 15.7 Å². The smallest absolute Gasteiger partial charge is 0.255 e. The van der Waals surface area contributed by atoms with E-state index in [1.807, 2.05) is 6.92 Å². The summed E-state index contributed by atoms with van der Waals surface area (Å²) in [5, 5.41) is 7.24. The number of hydrogen-bond acceptors (Lipinski definition) is 7. The van der Waals surface area contributed by atoms with E-state index in [2.05, 4.69) is 15.4 Å². The van der Waals surface area contributed by atoms with Crippen molar-refractivity contribution in [2.75, 3.05) is 12.5 Å². The number of benzene rings is 1. The average Bonchev–Trinajstić information content (AvgIpc) is 3.14. The third-order valence-corrected chi connectivity index (χ3v) is 7.42. The highest BCUT2D eigenvalue weighted by Gasteiger charge is 2.21. The fourth-order valence-corrected chi connectivity index (χ4v) is 4.64. The van der Waals surface area contributed by atoms with Crippen LogP contribution >= 0.6 is 0 Å². The summed E-state index contributed by atoms with van der Waals surface area (Å²) in [7, 11) is -6.74. The molecule has 33 heavy (non-hydrogen) atoms. The minimum absolute atomic E-state index is 0.0943. The van der Waals surface area contributed by atoms with Crippen molar-refractivity contribution in [2.45, 2.75) is 42.5 Å². The Morgan fingerprint density at radius 3 is 2.21 bits per heavy atom. The van der Waals surface area contributed by atoms with Crippen molar-refractivity contribution in [2.24, 2.45) is 0 Å². The maximum atomic E-state index is 13.1. The average molecular weight is 491 g/mol. The summed E-state index contributed by atoms with van der Waals surface area (Å²) in [6.07, 6.45) is 7.89. The quantitative estimate of drug-likeness (QED) is 0.514. The number of amides is 1. The Balaban J connectivity index is 1.87. The van der Waals surface area contributed by atoms with Crippen LogP contribution in [-0.4, -0.2) is 50.0 Å². The number of pyridine rings is 1. The normalized spacial score (nSPS) is 13.0. The van der Waals surface area contributed by atoms with E-state index in [1.54, 1.807) is 29.9 Å². The largest absolute Gasteiger partial charge is 0.345 e. The van der Waals surface area contributed by atoms with E-state index in [1.165, 1.54) is 30.6 Å². The fraction of sp³-hybridized carbons (Fsp3) is 0.318. The second-order valence-corrected chi connectivity index (χ2v) is 11.9. The molecule has 0 fully saturated rings. The maximum Gasteiger partial charge on any atom is 0.255 e. The van der Waals surface area contributed by atoms with E-state index in [0.717, 1.165) is 18.9 Å². The molecule has 1 atom stereocenters. The number of sulfone groups is 2. The van der Waals surface area contributed by atoms with Crippen LogP contribution in [0.2, 0.25) is 0 Å². The van der Waals surface area contributed by atoms with Gasteiger partial charge in [-0.2, -0.15) is 5.10 Å². The molecule has 3 rings (SSSR count). The highest BCUT2D eigenvalue weighted by Crippen LogP contribution is 2.23. The van der Waals surface area contributed by atoms with Crippen LogP contribution < -0.4 is 5.32 Å². The zero-order valence-electron chi connectivity index (χ0n) is 18.8. The highest BCUT2D eigenvalue weighted by atomic mass is 32.2. The van der Waals surface area contributed by atoms with Crippen LogP contribution in [0.1, 0.15) is 47.4 Å². The van der Waals surface area contributed by atoms with Gasteiger partial charge in [-0.25, -0.2) is 21.5 Å². The SMILES string of the molecule is CCCC(NC(=O)c1cnn(-c2ccc(S(C)(=O)=O)cc2)c1C)c1cncc(S(C)(=O)=O)c1. The summed E-state index contributed by atoms with van der Waals surface area (Å²) >= 11 is 0. The molecule has 176 valence electrons. The molecular weight excluding hydrogens is 464 g/mol. The first-order valence-corrected chi connectivity index (χ1v) is 14.0. The first-order valence-electron chi connectivity index (χ1n) is 10.2. The maximum absolute atomic E-state index is 13.1. The zero-order chi connectivity index (χ0) is 24.4. The molecule has 2 heterocycles. The lowest BCUT2D eigenvalue weighted by molar-refractivity contribution is 0.0933. The topological polar surface area (TPSA) is 128 Å². The van der Waals surface area contributed by atoms with Crippen LogP contribution in [-0.2, 0) is 19.7 Å². The van der Waals surface area contributed by atoms with Gasteiger partial charge >= 0.3 is 0 Å². The lowest BCUT2D eigenvalue weighted by Gasteiger charge is -2.19. The Bertz CT molecular complexity index is 1380. The molecule has 1 unspecified atom stereocenters. The monoisotopic (exact) mass is 490 g/mol. The van der Waals surface area contributed by atoms with E-state index < -0.39 is 25.7 Å². The molecule has 0 bridgehead atoms. The lowest BCUT2D eigenvalue weighted by Crippen LogP contribution is -2.29. The molecule has 0 spiro atoms. The number of rotatable bonds is 8. The van der Waals surface area contributed by atoms with Crippen LogP contribution in [0.3, 0.4) is 0 Å². The molecule has 0 saturated heterocycles. The second-order valence-electron chi connectivity index (χ2n) is 7.86. The first-order chi connectivity index (χ1) is 15.4. The summed E-state index contributed by atoms with van der Waals surface area (Å²) < 4.78 is 48.7. The minimum Gasteiger partial charge on any atom is -0.345 e. The summed E-state index contributed by atoms with van der Waals surface area (Å²) in [5.41, 5.74) is 2.16. The van der Waals surface area contributed by atoms with Crippen LogP contribution in [0.15, 0.2) is 58.7 Å². The van der Waals surface area contributed by atoms with E-state index in [4.69, 9.17) is 0 Å². The van der Waals surface area contributed by atoms with Crippen molar-refractivity contribution in [3.8, 4) is 5.69 Å². The molecule has 9 nitrogen and oxygen atoms in total. The van der Waals surface area contributed by atoms with Crippen molar-refractivity contribution in [3.63, 3.8) is 0 Å². The number of carbonyl (C=O) groups excluding carboxylic acids is 1. The molecule has 0 aliphatic carbocycles. The second kappa shape index (κ2) is 9.44. The van der Waals surface area contributed by atoms with Crippen molar-refractivity contribution in [1.29, 1.82) is 0 Å². The molecule has 0 aliphatic rings. The number of hydrogen-bond donors (Lipinski definition) is 1. The molecule has 2 aromatic heterocycles. The molecule has 0 saturated carbocycles. The van der Waals surface area contributed by atoms with E-state index >= 15 is 0 Å². The summed E-state index contributed by atoms with van der Waals surface area (Å²) in [6, 6.07) is 7.34. The number of carbonyl (C=O) groups is 1. The molecule has 1 N–H and O–H groups in total. The predicted octanol–water partition coefficient (Wildman–Crippen LogP) is 2.65. The zero-order valence-corrected chi connectivity index (χ0v) is 20.4. The van der Waals surface area contributed by atoms with Gasteiger partial charge in [-0.3, -0.25) is 9.78 Å². The van der Waals surface area contributed by atoms with Crippen molar-refractivity contribution in [1.82, 2.24) is 20.1 Å². The van der Waals surface area contributed by atoms with Gasteiger partial charge in [0.05, 0.1) is 39.0 Å².